The molecule has 0 aromatic heterocycles. The molecule has 3 aromatic carbocycles. The van der Waals surface area contributed by atoms with Gasteiger partial charge < -0.3 is 0 Å². The van der Waals surface area contributed by atoms with Crippen LogP contribution in [0.4, 0.5) is 0 Å². The molecule has 0 atom stereocenters. The van der Waals surface area contributed by atoms with Gasteiger partial charge in [0.05, 0.1) is 0 Å². The van der Waals surface area contributed by atoms with Gasteiger partial charge in [-0.3, -0.25) is 4.57 Å². The molecule has 3 aromatic rings. The Kier molecular flexibility index (Phi) is 5.20. The van der Waals surface area contributed by atoms with Gasteiger partial charge in [-0.1, -0.05) is 72.5 Å². The summed E-state index contributed by atoms with van der Waals surface area (Å²) in [4.78, 5) is 0. The molecule has 0 radical (unpaired) electrons. The molecule has 0 amide bonds. The third-order valence-electron chi connectivity index (χ3n) is 3.75. The maximum atomic E-state index is 13.8. The zero-order chi connectivity index (χ0) is 17.5. The van der Waals surface area contributed by atoms with Crippen LogP contribution in [0.25, 0.3) is 0 Å². The maximum Gasteiger partial charge on any atom is 0.211 e. The van der Waals surface area contributed by atoms with Crippen molar-refractivity contribution in [3.8, 4) is 23.4 Å². The molecule has 0 bridgehead atoms. The van der Waals surface area contributed by atoms with Crippen LogP contribution in [-0.2, 0) is 4.57 Å². The van der Waals surface area contributed by atoms with Crippen LogP contribution < -0.4 is 10.6 Å². The fourth-order valence-electron chi connectivity index (χ4n) is 2.48. The molecule has 3 rings (SSSR count). The highest BCUT2D eigenvalue weighted by Crippen LogP contribution is 2.41. The Morgan fingerprint density at radius 2 is 1.08 bits per heavy atom. The van der Waals surface area contributed by atoms with Crippen molar-refractivity contribution in [2.45, 2.75) is 6.92 Å². The first-order valence-corrected chi connectivity index (χ1v) is 9.70. The molecule has 0 aliphatic rings. The lowest BCUT2D eigenvalue weighted by atomic mass is 10.1. The Labute approximate surface area is 149 Å². The maximum absolute atomic E-state index is 13.8. The molecule has 0 unspecified atom stereocenters. The highest BCUT2D eigenvalue weighted by Gasteiger charge is 2.24. The number of benzene rings is 3. The molecule has 1 nitrogen and oxygen atoms in total. The molecule has 0 saturated heterocycles. The minimum atomic E-state index is -3.00. The molecule has 0 fully saturated rings. The van der Waals surface area contributed by atoms with Crippen LogP contribution in [0.2, 0.25) is 0 Å². The summed E-state index contributed by atoms with van der Waals surface area (Å²) >= 11 is 0. The van der Waals surface area contributed by atoms with Crippen molar-refractivity contribution in [3.63, 3.8) is 0 Å². The topological polar surface area (TPSA) is 17.1 Å². The lowest BCUT2D eigenvalue weighted by Crippen LogP contribution is -2.14. The zero-order valence-corrected chi connectivity index (χ0v) is 14.8. The summed E-state index contributed by atoms with van der Waals surface area (Å²) in [5.41, 5.74) is 4.84. The standard InChI is InChI=1S/C23H17OP/c1-2-9-20-14-16-21(17-15-20)18-19-25(24,22-10-5-3-6-11-22)23-12-7-4-8-13-23/h3-8,10-17H,1H3. The summed E-state index contributed by atoms with van der Waals surface area (Å²) in [5, 5.41) is 1.50. The highest BCUT2D eigenvalue weighted by atomic mass is 31.2. The Balaban J connectivity index is 2.05. The second kappa shape index (κ2) is 7.72. The minimum absolute atomic E-state index is 0.752. The molecule has 0 spiro atoms. The Morgan fingerprint density at radius 3 is 1.52 bits per heavy atom. The zero-order valence-electron chi connectivity index (χ0n) is 13.9. The summed E-state index contributed by atoms with van der Waals surface area (Å²) in [6.07, 6.45) is 0. The van der Waals surface area contributed by atoms with Crippen molar-refractivity contribution in [3.05, 3.63) is 96.1 Å². The average Bonchev–Trinajstić information content (AvgIpc) is 2.69. The van der Waals surface area contributed by atoms with Gasteiger partial charge in [-0.15, -0.1) is 5.92 Å². The molecule has 0 aliphatic heterocycles. The van der Waals surface area contributed by atoms with E-state index in [0.717, 1.165) is 21.7 Å². The lowest BCUT2D eigenvalue weighted by molar-refractivity contribution is 0.593. The number of rotatable bonds is 2. The third kappa shape index (κ3) is 3.92. The van der Waals surface area contributed by atoms with E-state index in [9.17, 15) is 4.57 Å². The summed E-state index contributed by atoms with van der Waals surface area (Å²) in [5.74, 6) is 8.97. The monoisotopic (exact) mass is 340 g/mol. The summed E-state index contributed by atoms with van der Waals surface area (Å²) < 4.78 is 13.8. The molecule has 0 saturated carbocycles. The van der Waals surface area contributed by atoms with Crippen molar-refractivity contribution in [2.75, 3.05) is 0 Å². The molecule has 0 aliphatic carbocycles. The van der Waals surface area contributed by atoms with Crippen LogP contribution in [-0.4, -0.2) is 0 Å². The van der Waals surface area contributed by atoms with Crippen LogP contribution in [0, 0.1) is 23.4 Å². The molecule has 25 heavy (non-hydrogen) atoms. The van der Waals surface area contributed by atoms with E-state index in [1.54, 1.807) is 0 Å². The van der Waals surface area contributed by atoms with Crippen LogP contribution in [0.3, 0.4) is 0 Å². The molecular formula is C23H17OP. The van der Waals surface area contributed by atoms with Gasteiger partial charge in [0, 0.05) is 21.7 Å². The van der Waals surface area contributed by atoms with Gasteiger partial charge in [0.25, 0.3) is 0 Å². The largest absolute Gasteiger partial charge is 0.300 e. The first-order valence-electron chi connectivity index (χ1n) is 8.00. The summed E-state index contributed by atoms with van der Waals surface area (Å²) in [6, 6.07) is 26.6. The van der Waals surface area contributed by atoms with Gasteiger partial charge in [-0.2, -0.15) is 0 Å². The van der Waals surface area contributed by atoms with Crippen LogP contribution in [0.15, 0.2) is 84.9 Å². The van der Waals surface area contributed by atoms with E-state index in [1.807, 2.05) is 91.9 Å². The van der Waals surface area contributed by atoms with Gasteiger partial charge >= 0.3 is 0 Å². The van der Waals surface area contributed by atoms with E-state index < -0.39 is 7.14 Å². The number of hydrogen-bond acceptors (Lipinski definition) is 1. The van der Waals surface area contributed by atoms with Crippen molar-refractivity contribution in [1.82, 2.24) is 0 Å². The molecular weight excluding hydrogens is 323 g/mol. The van der Waals surface area contributed by atoms with E-state index in [-0.39, 0.29) is 0 Å². The van der Waals surface area contributed by atoms with Gasteiger partial charge in [0.15, 0.2) is 0 Å². The van der Waals surface area contributed by atoms with Crippen LogP contribution in [0.5, 0.6) is 0 Å². The van der Waals surface area contributed by atoms with E-state index in [2.05, 4.69) is 23.4 Å². The Hall–Kier alpha value is -2.99. The van der Waals surface area contributed by atoms with Gasteiger partial charge in [0.1, 0.15) is 0 Å². The van der Waals surface area contributed by atoms with Crippen LogP contribution >= 0.6 is 7.14 Å². The molecule has 0 heterocycles. The third-order valence-corrected chi connectivity index (χ3v) is 6.23. The predicted molar refractivity (Wildman–Crippen MR) is 106 cm³/mol. The molecule has 0 N–H and O–H groups in total. The van der Waals surface area contributed by atoms with Gasteiger partial charge in [-0.25, -0.2) is 0 Å². The van der Waals surface area contributed by atoms with E-state index in [1.165, 1.54) is 0 Å². The number of hydrogen-bond donors (Lipinski definition) is 0. The fraction of sp³-hybridized carbons (Fsp3) is 0.0435. The second-order valence-electron chi connectivity index (χ2n) is 5.47. The molecule has 2 heteroatoms. The normalized spacial score (nSPS) is 10.1. The van der Waals surface area contributed by atoms with Gasteiger partial charge in [-0.05, 0) is 36.9 Å². The van der Waals surface area contributed by atoms with Gasteiger partial charge in [0.2, 0.25) is 7.14 Å². The Bertz CT molecular complexity index is 968. The van der Waals surface area contributed by atoms with E-state index in [4.69, 9.17) is 0 Å². The average molecular weight is 340 g/mol. The lowest BCUT2D eigenvalue weighted by Gasteiger charge is -2.12. The van der Waals surface area contributed by atoms with Crippen molar-refractivity contribution >= 4 is 17.8 Å². The minimum Gasteiger partial charge on any atom is -0.300 e. The first-order chi connectivity index (χ1) is 12.2. The summed E-state index contributed by atoms with van der Waals surface area (Å²) in [7, 11) is -3.00. The van der Waals surface area contributed by atoms with Crippen LogP contribution in [0.1, 0.15) is 18.1 Å². The van der Waals surface area contributed by atoms with Crippen molar-refractivity contribution in [2.24, 2.45) is 0 Å². The Morgan fingerprint density at radius 1 is 0.640 bits per heavy atom. The van der Waals surface area contributed by atoms with E-state index in [0.29, 0.717) is 0 Å². The SMILES string of the molecule is CC#Cc1ccc(C#CP(=O)(c2ccccc2)c2ccccc2)cc1. The van der Waals surface area contributed by atoms with Crippen molar-refractivity contribution < 1.29 is 4.57 Å². The quantitative estimate of drug-likeness (QED) is 0.500. The fourth-order valence-corrected chi connectivity index (χ4v) is 4.51. The summed E-state index contributed by atoms with van der Waals surface area (Å²) in [6.45, 7) is 1.81. The second-order valence-corrected chi connectivity index (χ2v) is 7.94. The first kappa shape index (κ1) is 16.9. The van der Waals surface area contributed by atoms with Crippen molar-refractivity contribution in [1.29, 1.82) is 0 Å². The molecule has 120 valence electrons. The van der Waals surface area contributed by atoms with E-state index >= 15 is 0 Å². The smallest absolute Gasteiger partial charge is 0.211 e. The predicted octanol–water partition coefficient (Wildman–Crippen LogP) is 4.38. The highest BCUT2D eigenvalue weighted by molar-refractivity contribution is 7.83.